The second-order valence-electron chi connectivity index (χ2n) is 9.44. The molecule has 188 valence electrons. The van der Waals surface area contributed by atoms with E-state index in [0.29, 0.717) is 36.5 Å². The summed E-state index contributed by atoms with van der Waals surface area (Å²) in [5.74, 6) is -0.542. The molecule has 10 nitrogen and oxygen atoms in total. The first-order valence-electron chi connectivity index (χ1n) is 11.3. The molecule has 1 atom stereocenters. The molecule has 4 rings (SSSR count). The second kappa shape index (κ2) is 9.94. The molecule has 12 heteroatoms. The van der Waals surface area contributed by atoms with Crippen molar-refractivity contribution >= 4 is 44.0 Å². The van der Waals surface area contributed by atoms with Crippen molar-refractivity contribution in [2.45, 2.75) is 61.9 Å². The third-order valence-corrected chi connectivity index (χ3v) is 8.34. The van der Waals surface area contributed by atoms with Crippen molar-refractivity contribution in [1.82, 2.24) is 9.88 Å². The standard InChI is InChI=1S/C23H28N4O6S2/c1-23(2,3)32-22(29)27-12-10-16(14-27)33-26-19(20(28)25-21-24-11-13-34-21)15-4-6-17(7-5-15)35(30,31)18-8-9-18/h4-7,11,13,16,18H,8-10,12,14H2,1-3H3,(H,24,25,28)/t16-/m1/s1. The van der Waals surface area contributed by atoms with Gasteiger partial charge in [0.2, 0.25) is 0 Å². The average Bonchev–Trinajstić information content (AvgIpc) is 3.34. The summed E-state index contributed by atoms with van der Waals surface area (Å²) in [6.07, 6.45) is 2.59. The van der Waals surface area contributed by atoms with Gasteiger partial charge in [-0.3, -0.25) is 10.1 Å². The first kappa shape index (κ1) is 25.1. The van der Waals surface area contributed by atoms with E-state index in [1.807, 2.05) is 0 Å². The lowest BCUT2D eigenvalue weighted by molar-refractivity contribution is -0.110. The van der Waals surface area contributed by atoms with E-state index in [4.69, 9.17) is 9.57 Å². The predicted molar refractivity (Wildman–Crippen MR) is 131 cm³/mol. The number of likely N-dealkylation sites (tertiary alicyclic amines) is 1. The molecule has 1 saturated carbocycles. The molecular weight excluding hydrogens is 492 g/mol. The summed E-state index contributed by atoms with van der Waals surface area (Å²) in [5.41, 5.74) is -0.226. The maximum Gasteiger partial charge on any atom is 0.410 e. The van der Waals surface area contributed by atoms with Gasteiger partial charge >= 0.3 is 6.09 Å². The molecule has 0 radical (unpaired) electrons. The summed E-state index contributed by atoms with van der Waals surface area (Å²) in [7, 11) is -3.35. The van der Waals surface area contributed by atoms with Crippen molar-refractivity contribution in [2.24, 2.45) is 5.16 Å². The van der Waals surface area contributed by atoms with Crippen LogP contribution in [0.2, 0.25) is 0 Å². The zero-order chi connectivity index (χ0) is 25.2. The van der Waals surface area contributed by atoms with Gasteiger partial charge in [-0.15, -0.1) is 11.3 Å². The van der Waals surface area contributed by atoms with Crippen molar-refractivity contribution < 1.29 is 27.6 Å². The molecule has 1 aromatic heterocycles. The highest BCUT2D eigenvalue weighted by Gasteiger charge is 2.37. The first-order chi connectivity index (χ1) is 16.5. The number of carbonyl (C=O) groups excluding carboxylic acids is 2. The van der Waals surface area contributed by atoms with Gasteiger partial charge in [-0.25, -0.2) is 18.2 Å². The van der Waals surface area contributed by atoms with Gasteiger partial charge in [0.15, 0.2) is 20.7 Å². The van der Waals surface area contributed by atoms with Crippen LogP contribution < -0.4 is 5.32 Å². The zero-order valence-electron chi connectivity index (χ0n) is 19.8. The van der Waals surface area contributed by atoms with Crippen LogP contribution in [0.4, 0.5) is 9.93 Å². The van der Waals surface area contributed by atoms with Crippen molar-refractivity contribution in [3.63, 3.8) is 0 Å². The summed E-state index contributed by atoms with van der Waals surface area (Å²) in [4.78, 5) is 36.8. The first-order valence-corrected chi connectivity index (χ1v) is 13.7. The normalized spacial score (nSPS) is 18.9. The minimum Gasteiger partial charge on any atom is -0.444 e. The Morgan fingerprint density at radius 3 is 2.49 bits per heavy atom. The highest BCUT2D eigenvalue weighted by molar-refractivity contribution is 7.92. The Hall–Kier alpha value is -2.99. The van der Waals surface area contributed by atoms with Crippen LogP contribution >= 0.6 is 11.3 Å². The van der Waals surface area contributed by atoms with Crippen molar-refractivity contribution in [2.75, 3.05) is 18.4 Å². The number of carbonyl (C=O) groups is 2. The topological polar surface area (TPSA) is 127 Å². The van der Waals surface area contributed by atoms with Crippen LogP contribution in [0.3, 0.4) is 0 Å². The quantitative estimate of drug-likeness (QED) is 0.437. The molecule has 1 aliphatic carbocycles. The highest BCUT2D eigenvalue weighted by atomic mass is 32.2. The molecule has 35 heavy (non-hydrogen) atoms. The number of amides is 2. The van der Waals surface area contributed by atoms with Crippen molar-refractivity contribution in [3.05, 3.63) is 41.4 Å². The third kappa shape index (κ3) is 6.37. The molecule has 1 saturated heterocycles. The minimum atomic E-state index is -3.35. The number of hydrogen-bond donors (Lipinski definition) is 1. The Labute approximate surface area is 208 Å². The lowest BCUT2D eigenvalue weighted by Crippen LogP contribution is -2.36. The molecule has 2 fully saturated rings. The number of benzene rings is 1. The molecular formula is C23H28N4O6S2. The van der Waals surface area contributed by atoms with Crippen LogP contribution in [0.1, 0.15) is 45.6 Å². The summed E-state index contributed by atoms with van der Waals surface area (Å²) >= 11 is 1.25. The number of thiazole rings is 1. The predicted octanol–water partition coefficient (Wildman–Crippen LogP) is 3.45. The number of ether oxygens (including phenoxy) is 1. The van der Waals surface area contributed by atoms with Crippen LogP contribution in [0.15, 0.2) is 45.9 Å². The number of aromatic nitrogens is 1. The van der Waals surface area contributed by atoms with Crippen molar-refractivity contribution in [1.29, 1.82) is 0 Å². The van der Waals surface area contributed by atoms with Gasteiger partial charge in [-0.1, -0.05) is 17.3 Å². The van der Waals surface area contributed by atoms with E-state index in [0.717, 1.165) is 0 Å². The maximum absolute atomic E-state index is 13.0. The lowest BCUT2D eigenvalue weighted by atomic mass is 10.1. The van der Waals surface area contributed by atoms with Crippen LogP contribution in [0.25, 0.3) is 0 Å². The molecule has 2 aromatic rings. The molecule has 1 N–H and O–H groups in total. The Kier molecular flexibility index (Phi) is 7.13. The van der Waals surface area contributed by atoms with E-state index in [-0.39, 0.29) is 22.4 Å². The van der Waals surface area contributed by atoms with E-state index >= 15 is 0 Å². The van der Waals surface area contributed by atoms with Crippen LogP contribution in [0, 0.1) is 0 Å². The number of anilines is 1. The Balaban J connectivity index is 1.50. The van der Waals surface area contributed by atoms with Crippen LogP contribution in [-0.4, -0.2) is 66.1 Å². The summed E-state index contributed by atoms with van der Waals surface area (Å²) in [6, 6.07) is 6.05. The number of sulfone groups is 1. The van der Waals surface area contributed by atoms with E-state index in [2.05, 4.69) is 15.5 Å². The van der Waals surface area contributed by atoms with Crippen LogP contribution in [0.5, 0.6) is 0 Å². The van der Waals surface area contributed by atoms with Gasteiger partial charge in [0.1, 0.15) is 11.7 Å². The molecule has 2 amide bonds. The van der Waals surface area contributed by atoms with E-state index in [9.17, 15) is 18.0 Å². The Morgan fingerprint density at radius 1 is 1.17 bits per heavy atom. The molecule has 2 heterocycles. The number of nitrogens with one attached hydrogen (secondary N) is 1. The van der Waals surface area contributed by atoms with E-state index in [1.165, 1.54) is 28.4 Å². The summed E-state index contributed by atoms with van der Waals surface area (Å²) < 4.78 is 30.4. The zero-order valence-corrected chi connectivity index (χ0v) is 21.4. The SMILES string of the molecule is CC(C)(C)OC(=O)N1CC[C@@H](ON=C(C(=O)Nc2nccs2)c2ccc(S(=O)(=O)C3CC3)cc2)C1. The summed E-state index contributed by atoms with van der Waals surface area (Å²) in [5, 5.41) is 8.59. The van der Waals surface area contributed by atoms with Gasteiger partial charge in [-0.05, 0) is 45.7 Å². The largest absolute Gasteiger partial charge is 0.444 e. The fourth-order valence-electron chi connectivity index (χ4n) is 3.47. The molecule has 1 aromatic carbocycles. The number of nitrogens with zero attached hydrogens (tertiary/aromatic N) is 3. The highest BCUT2D eigenvalue weighted by Crippen LogP contribution is 2.33. The Morgan fingerprint density at radius 2 is 1.89 bits per heavy atom. The van der Waals surface area contributed by atoms with Gasteiger partial charge in [-0.2, -0.15) is 0 Å². The Bertz CT molecular complexity index is 1200. The van der Waals surface area contributed by atoms with Crippen LogP contribution in [-0.2, 0) is 24.2 Å². The fourth-order valence-corrected chi connectivity index (χ4v) is 5.65. The lowest BCUT2D eigenvalue weighted by Gasteiger charge is -2.24. The molecule has 0 bridgehead atoms. The monoisotopic (exact) mass is 520 g/mol. The van der Waals surface area contributed by atoms with Gasteiger partial charge in [0.05, 0.1) is 16.7 Å². The molecule has 1 aliphatic heterocycles. The van der Waals surface area contributed by atoms with Gasteiger partial charge in [0.25, 0.3) is 5.91 Å². The van der Waals surface area contributed by atoms with Gasteiger partial charge in [0, 0.05) is 30.1 Å². The third-order valence-electron chi connectivity index (χ3n) is 5.38. The average molecular weight is 521 g/mol. The minimum absolute atomic E-state index is 0.0220. The maximum atomic E-state index is 13.0. The smallest absolute Gasteiger partial charge is 0.410 e. The number of hydrogen-bond acceptors (Lipinski definition) is 9. The van der Waals surface area contributed by atoms with Gasteiger partial charge < -0.3 is 14.5 Å². The second-order valence-corrected chi connectivity index (χ2v) is 12.6. The molecule has 0 unspecified atom stereocenters. The summed E-state index contributed by atoms with van der Waals surface area (Å²) in [6.45, 7) is 6.12. The van der Waals surface area contributed by atoms with E-state index in [1.54, 1.807) is 44.5 Å². The van der Waals surface area contributed by atoms with Crippen molar-refractivity contribution in [3.8, 4) is 0 Å². The van der Waals surface area contributed by atoms with E-state index < -0.39 is 33.5 Å². The fraction of sp³-hybridized carbons (Fsp3) is 0.478. The number of rotatable bonds is 7. The molecule has 0 spiro atoms. The number of oxime groups is 1. The molecule has 2 aliphatic rings.